The number of rotatable bonds is 1. The topological polar surface area (TPSA) is 66.1 Å². The van der Waals surface area contributed by atoms with Crippen LogP contribution in [-0.2, 0) is 15.0 Å². The molecule has 1 fully saturated rings. The van der Waals surface area contributed by atoms with E-state index >= 15 is 0 Å². The van der Waals surface area contributed by atoms with E-state index in [-0.39, 0.29) is 0 Å². The van der Waals surface area contributed by atoms with Crippen molar-refractivity contribution in [2.75, 3.05) is 26.4 Å². The van der Waals surface area contributed by atoms with Crippen LogP contribution < -0.4 is 10.5 Å². The van der Waals surface area contributed by atoms with Gasteiger partial charge in [0.2, 0.25) is 0 Å². The molecule has 0 bridgehead atoms. The van der Waals surface area contributed by atoms with Gasteiger partial charge in [0.15, 0.2) is 0 Å². The molecule has 0 amide bonds. The van der Waals surface area contributed by atoms with Crippen molar-refractivity contribution < 1.29 is 14.2 Å². The molecule has 0 radical (unpaired) electrons. The number of aliphatic imine (C=N–C) groups is 1. The van der Waals surface area contributed by atoms with Gasteiger partial charge in [0.1, 0.15) is 29.5 Å². The summed E-state index contributed by atoms with van der Waals surface area (Å²) in [5, 5.41) is 0. The minimum atomic E-state index is -0.637. The second-order valence-corrected chi connectivity index (χ2v) is 7.16. The molecule has 1 spiro atoms. The first-order chi connectivity index (χ1) is 12.8. The summed E-state index contributed by atoms with van der Waals surface area (Å²) in [6, 6.07) is 14.4. The Labute approximate surface area is 152 Å². The van der Waals surface area contributed by atoms with Gasteiger partial charge >= 0.3 is 0 Å². The van der Waals surface area contributed by atoms with Gasteiger partial charge in [-0.25, -0.2) is 0 Å². The van der Waals surface area contributed by atoms with E-state index < -0.39 is 5.54 Å². The van der Waals surface area contributed by atoms with E-state index in [1.54, 1.807) is 0 Å². The number of ether oxygens (including phenoxy) is 3. The summed E-state index contributed by atoms with van der Waals surface area (Å²) in [6.07, 6.45) is 2.02. The first kappa shape index (κ1) is 15.9. The third-order valence-electron chi connectivity index (χ3n) is 5.58. The molecule has 2 aromatic rings. The Morgan fingerprint density at radius 3 is 2.62 bits per heavy atom. The maximum atomic E-state index is 6.27. The number of benzene rings is 2. The molecule has 3 aliphatic rings. The molecule has 0 aromatic heterocycles. The number of hydrogen-bond donors (Lipinski definition) is 1. The molecule has 0 aliphatic carbocycles. The van der Waals surface area contributed by atoms with Crippen LogP contribution in [0.5, 0.6) is 11.5 Å². The van der Waals surface area contributed by atoms with Crippen molar-refractivity contribution in [3.8, 4) is 11.5 Å². The molecule has 1 atom stereocenters. The van der Waals surface area contributed by atoms with E-state index in [1.165, 1.54) is 5.56 Å². The van der Waals surface area contributed by atoms with Crippen molar-refractivity contribution in [3.63, 3.8) is 0 Å². The summed E-state index contributed by atoms with van der Waals surface area (Å²) in [4.78, 5) is 4.97. The Hall–Kier alpha value is -2.37. The van der Waals surface area contributed by atoms with Crippen molar-refractivity contribution in [1.82, 2.24) is 0 Å². The van der Waals surface area contributed by atoms with Crippen molar-refractivity contribution in [2.45, 2.75) is 24.3 Å². The summed E-state index contributed by atoms with van der Waals surface area (Å²) >= 11 is 0. The molecule has 5 rings (SSSR count). The van der Waals surface area contributed by atoms with Gasteiger partial charge in [-0.15, -0.1) is 0 Å². The molecule has 3 heterocycles. The van der Waals surface area contributed by atoms with Gasteiger partial charge < -0.3 is 19.9 Å². The lowest BCUT2D eigenvalue weighted by Crippen LogP contribution is -2.43. The molecule has 5 nitrogen and oxygen atoms in total. The summed E-state index contributed by atoms with van der Waals surface area (Å²) < 4.78 is 17.7. The average Bonchev–Trinajstić information content (AvgIpc) is 2.68. The highest BCUT2D eigenvalue weighted by Crippen LogP contribution is 2.53. The van der Waals surface area contributed by atoms with Gasteiger partial charge in [0.25, 0.3) is 0 Å². The average molecular weight is 350 g/mol. The van der Waals surface area contributed by atoms with Crippen LogP contribution in [0.4, 0.5) is 0 Å². The van der Waals surface area contributed by atoms with Crippen LogP contribution in [0, 0.1) is 0 Å². The molecule has 1 unspecified atom stereocenters. The van der Waals surface area contributed by atoms with Crippen LogP contribution in [0.1, 0.15) is 35.4 Å². The van der Waals surface area contributed by atoms with Crippen LogP contribution in [-0.4, -0.2) is 32.3 Å². The second kappa shape index (κ2) is 6.11. The summed E-state index contributed by atoms with van der Waals surface area (Å²) in [5.74, 6) is 2.64. The molecule has 0 saturated carbocycles. The lowest BCUT2D eigenvalue weighted by atomic mass is 9.74. The zero-order valence-corrected chi connectivity index (χ0v) is 14.6. The molecular formula is C21H22N2O3. The van der Waals surface area contributed by atoms with Crippen LogP contribution >= 0.6 is 0 Å². The SMILES string of the molecule is NC1=NC2(COC1)c1ccccc1Oc1cccc(C3CCOCC3)c12. The van der Waals surface area contributed by atoms with Crippen LogP contribution in [0.2, 0.25) is 0 Å². The van der Waals surface area contributed by atoms with Crippen molar-refractivity contribution in [1.29, 1.82) is 0 Å². The van der Waals surface area contributed by atoms with E-state index in [9.17, 15) is 0 Å². The van der Waals surface area contributed by atoms with Crippen molar-refractivity contribution in [3.05, 3.63) is 59.2 Å². The minimum absolute atomic E-state index is 0.375. The molecule has 1 saturated heterocycles. The van der Waals surface area contributed by atoms with E-state index in [4.69, 9.17) is 24.9 Å². The Balaban J connectivity index is 1.76. The molecule has 3 aliphatic heterocycles. The fourth-order valence-corrected chi connectivity index (χ4v) is 4.45. The Morgan fingerprint density at radius 1 is 0.962 bits per heavy atom. The van der Waals surface area contributed by atoms with Crippen molar-refractivity contribution >= 4 is 5.84 Å². The molecule has 26 heavy (non-hydrogen) atoms. The monoisotopic (exact) mass is 350 g/mol. The van der Waals surface area contributed by atoms with E-state index in [0.717, 1.165) is 48.7 Å². The molecule has 134 valence electrons. The number of para-hydroxylation sites is 1. The quantitative estimate of drug-likeness (QED) is 0.857. The second-order valence-electron chi connectivity index (χ2n) is 7.16. The lowest BCUT2D eigenvalue weighted by molar-refractivity contribution is 0.0833. The maximum Gasteiger partial charge on any atom is 0.143 e. The lowest BCUT2D eigenvalue weighted by Gasteiger charge is -2.41. The highest BCUT2D eigenvalue weighted by molar-refractivity contribution is 5.84. The van der Waals surface area contributed by atoms with Crippen LogP contribution in [0.25, 0.3) is 0 Å². The summed E-state index contributed by atoms with van der Waals surface area (Å²) in [5.41, 5.74) is 8.92. The van der Waals surface area contributed by atoms with Gasteiger partial charge in [-0.1, -0.05) is 30.3 Å². The fourth-order valence-electron chi connectivity index (χ4n) is 4.45. The molecule has 2 aromatic carbocycles. The highest BCUT2D eigenvalue weighted by atomic mass is 16.5. The predicted octanol–water partition coefficient (Wildman–Crippen LogP) is 3.32. The number of amidine groups is 1. The number of hydrogen-bond acceptors (Lipinski definition) is 5. The first-order valence-corrected chi connectivity index (χ1v) is 9.18. The fraction of sp³-hybridized carbons (Fsp3) is 0.381. The minimum Gasteiger partial charge on any atom is -0.457 e. The highest BCUT2D eigenvalue weighted by Gasteiger charge is 2.46. The molecule has 5 heteroatoms. The predicted molar refractivity (Wildman–Crippen MR) is 99.0 cm³/mol. The number of fused-ring (bicyclic) bond motifs is 4. The molecule has 2 N–H and O–H groups in total. The Kier molecular flexibility index (Phi) is 3.72. The smallest absolute Gasteiger partial charge is 0.143 e. The van der Waals surface area contributed by atoms with Gasteiger partial charge in [0, 0.05) is 24.3 Å². The summed E-state index contributed by atoms with van der Waals surface area (Å²) in [7, 11) is 0. The first-order valence-electron chi connectivity index (χ1n) is 9.18. The van der Waals surface area contributed by atoms with E-state index in [1.807, 2.05) is 24.3 Å². The molecular weight excluding hydrogens is 328 g/mol. The Bertz CT molecular complexity index is 873. The zero-order chi connectivity index (χ0) is 17.6. The maximum absolute atomic E-state index is 6.27. The number of nitrogens with zero attached hydrogens (tertiary/aromatic N) is 1. The third-order valence-corrected chi connectivity index (χ3v) is 5.58. The van der Waals surface area contributed by atoms with Gasteiger partial charge in [0.05, 0.1) is 6.61 Å². The standard InChI is InChI=1S/C21H22N2O3/c22-19-12-25-13-21(23-19)16-5-1-2-6-17(16)26-18-7-3-4-15(20(18)21)14-8-10-24-11-9-14/h1-7,14H,8-13H2,(H2,22,23). The van der Waals surface area contributed by atoms with Crippen LogP contribution in [0.3, 0.4) is 0 Å². The largest absolute Gasteiger partial charge is 0.457 e. The van der Waals surface area contributed by atoms with Gasteiger partial charge in [-0.2, -0.15) is 0 Å². The Morgan fingerprint density at radius 2 is 1.77 bits per heavy atom. The van der Waals surface area contributed by atoms with Crippen LogP contribution in [0.15, 0.2) is 47.5 Å². The number of nitrogens with two attached hydrogens (primary N) is 1. The summed E-state index contributed by atoms with van der Waals surface area (Å²) in [6.45, 7) is 2.43. The van der Waals surface area contributed by atoms with E-state index in [2.05, 4.69) is 18.2 Å². The van der Waals surface area contributed by atoms with Crippen molar-refractivity contribution in [2.24, 2.45) is 10.7 Å². The van der Waals surface area contributed by atoms with E-state index in [0.29, 0.717) is 25.0 Å². The third kappa shape index (κ3) is 2.35. The normalized spacial score (nSPS) is 25.2. The van der Waals surface area contributed by atoms with Gasteiger partial charge in [-0.05, 0) is 36.5 Å². The van der Waals surface area contributed by atoms with Gasteiger partial charge in [-0.3, -0.25) is 4.99 Å². The zero-order valence-electron chi connectivity index (χ0n) is 14.6.